The van der Waals surface area contributed by atoms with Crippen LogP contribution in [0.25, 0.3) is 11.2 Å². The predicted molar refractivity (Wildman–Crippen MR) is 70.7 cm³/mol. The van der Waals surface area contributed by atoms with Gasteiger partial charge in [0.05, 0.1) is 0 Å². The van der Waals surface area contributed by atoms with E-state index in [2.05, 4.69) is 17.2 Å². The highest BCUT2D eigenvalue weighted by molar-refractivity contribution is 5.67. The van der Waals surface area contributed by atoms with Crippen LogP contribution in [0.3, 0.4) is 0 Å². The van der Waals surface area contributed by atoms with Crippen LogP contribution in [0, 0.1) is 0 Å². The number of aryl methyl sites for hydroxylation is 1. The molecule has 0 spiro atoms. The third-order valence-electron chi connectivity index (χ3n) is 2.84. The Hall–Kier alpha value is -1.62. The van der Waals surface area contributed by atoms with Gasteiger partial charge in [-0.2, -0.15) is 0 Å². The van der Waals surface area contributed by atoms with E-state index >= 15 is 0 Å². The minimum Gasteiger partial charge on any atom is -0.406 e. The zero-order valence-corrected chi connectivity index (χ0v) is 10.7. The molecule has 5 heteroatoms. The van der Waals surface area contributed by atoms with Gasteiger partial charge in [0, 0.05) is 12.7 Å². The Morgan fingerprint density at radius 2 is 2.28 bits per heavy atom. The summed E-state index contributed by atoms with van der Waals surface area (Å²) in [6.07, 6.45) is 4.82. The summed E-state index contributed by atoms with van der Waals surface area (Å²) < 4.78 is 6.73. The van der Waals surface area contributed by atoms with Gasteiger partial charge in [-0.25, -0.2) is 9.78 Å². The first-order valence-corrected chi connectivity index (χ1v) is 6.48. The van der Waals surface area contributed by atoms with Crippen molar-refractivity contribution in [3.05, 3.63) is 28.9 Å². The molecule has 0 saturated carbocycles. The Bertz CT molecular complexity index is 544. The zero-order valence-electron chi connectivity index (χ0n) is 10.7. The number of rotatable bonds is 7. The van der Waals surface area contributed by atoms with Crippen LogP contribution in [0.2, 0.25) is 0 Å². The van der Waals surface area contributed by atoms with Crippen molar-refractivity contribution in [2.75, 3.05) is 13.1 Å². The van der Waals surface area contributed by atoms with Crippen LogP contribution in [0.5, 0.6) is 0 Å². The molecule has 0 unspecified atom stereocenters. The van der Waals surface area contributed by atoms with Crippen molar-refractivity contribution in [1.82, 2.24) is 14.9 Å². The molecule has 0 bridgehead atoms. The maximum atomic E-state index is 11.6. The smallest absolute Gasteiger partial charge is 0.406 e. The van der Waals surface area contributed by atoms with Crippen molar-refractivity contribution >= 4 is 11.2 Å². The maximum Gasteiger partial charge on any atom is 0.421 e. The lowest BCUT2D eigenvalue weighted by Gasteiger charge is -2.03. The van der Waals surface area contributed by atoms with Gasteiger partial charge >= 0.3 is 5.76 Å². The highest BCUT2D eigenvalue weighted by atomic mass is 16.4. The van der Waals surface area contributed by atoms with Crippen LogP contribution >= 0.6 is 0 Å². The molecule has 2 heterocycles. The molecule has 0 atom stereocenters. The first-order chi connectivity index (χ1) is 8.83. The summed E-state index contributed by atoms with van der Waals surface area (Å²) in [7, 11) is 0. The summed E-state index contributed by atoms with van der Waals surface area (Å²) in [6.45, 7) is 4.86. The Morgan fingerprint density at radius 3 is 3.11 bits per heavy atom. The van der Waals surface area contributed by atoms with E-state index in [0.717, 1.165) is 32.4 Å². The molecule has 0 aliphatic carbocycles. The molecule has 5 nitrogen and oxygen atoms in total. The van der Waals surface area contributed by atoms with E-state index < -0.39 is 0 Å². The van der Waals surface area contributed by atoms with Gasteiger partial charge in [0.15, 0.2) is 11.2 Å². The van der Waals surface area contributed by atoms with Crippen molar-refractivity contribution in [3.8, 4) is 0 Å². The predicted octanol–water partition coefficient (Wildman–Crippen LogP) is 1.77. The van der Waals surface area contributed by atoms with Crippen molar-refractivity contribution in [2.45, 2.75) is 32.7 Å². The van der Waals surface area contributed by atoms with Crippen molar-refractivity contribution in [3.63, 3.8) is 0 Å². The van der Waals surface area contributed by atoms with Gasteiger partial charge in [0.25, 0.3) is 0 Å². The first kappa shape index (κ1) is 12.8. The fourth-order valence-corrected chi connectivity index (χ4v) is 1.92. The molecule has 0 amide bonds. The molecule has 0 aromatic carbocycles. The van der Waals surface area contributed by atoms with Crippen molar-refractivity contribution in [2.24, 2.45) is 0 Å². The molecule has 1 N–H and O–H groups in total. The van der Waals surface area contributed by atoms with Crippen LogP contribution in [-0.2, 0) is 6.54 Å². The monoisotopic (exact) mass is 249 g/mol. The fourth-order valence-electron chi connectivity index (χ4n) is 1.92. The van der Waals surface area contributed by atoms with Gasteiger partial charge in [-0.3, -0.25) is 4.57 Å². The molecule has 0 aliphatic rings. The molecule has 0 aliphatic heterocycles. The Balaban J connectivity index is 1.91. The summed E-state index contributed by atoms with van der Waals surface area (Å²) in [5.74, 6) is -0.315. The number of hydrogen-bond acceptors (Lipinski definition) is 4. The number of pyridine rings is 1. The quantitative estimate of drug-likeness (QED) is 0.760. The standard InChI is InChI=1S/C13H19N3O2/c1-2-7-14-8-3-4-10-16-12-11(18-13(16)17)6-5-9-15-12/h5-6,9,14H,2-4,7-8,10H2,1H3. The van der Waals surface area contributed by atoms with Gasteiger partial charge in [0.1, 0.15) is 0 Å². The Kier molecular flexibility index (Phi) is 4.52. The number of oxazole rings is 1. The molecule has 2 aromatic rings. The van der Waals surface area contributed by atoms with Crippen LogP contribution in [0.15, 0.2) is 27.5 Å². The summed E-state index contributed by atoms with van der Waals surface area (Å²) in [5.41, 5.74) is 1.20. The van der Waals surface area contributed by atoms with E-state index in [1.807, 2.05) is 0 Å². The van der Waals surface area contributed by atoms with E-state index in [1.54, 1.807) is 22.9 Å². The average molecular weight is 249 g/mol. The SMILES string of the molecule is CCCNCCCCn1c(=O)oc2cccnc21. The summed E-state index contributed by atoms with van der Waals surface area (Å²) >= 11 is 0. The second-order valence-electron chi connectivity index (χ2n) is 4.30. The molecule has 2 aromatic heterocycles. The Morgan fingerprint density at radius 1 is 1.39 bits per heavy atom. The van der Waals surface area contributed by atoms with Crippen molar-refractivity contribution < 1.29 is 4.42 Å². The van der Waals surface area contributed by atoms with E-state index in [4.69, 9.17) is 4.42 Å². The van der Waals surface area contributed by atoms with Gasteiger partial charge in [-0.05, 0) is 44.5 Å². The van der Waals surface area contributed by atoms with Gasteiger partial charge in [-0.1, -0.05) is 6.92 Å². The lowest BCUT2D eigenvalue weighted by Crippen LogP contribution is -2.18. The normalized spacial score (nSPS) is 11.2. The molecule has 0 fully saturated rings. The second-order valence-corrected chi connectivity index (χ2v) is 4.30. The van der Waals surface area contributed by atoms with Crippen LogP contribution in [0.1, 0.15) is 26.2 Å². The van der Waals surface area contributed by atoms with Gasteiger partial charge < -0.3 is 9.73 Å². The van der Waals surface area contributed by atoms with Gasteiger partial charge in [-0.15, -0.1) is 0 Å². The Labute approximate surface area is 106 Å². The largest absolute Gasteiger partial charge is 0.421 e. The fraction of sp³-hybridized carbons (Fsp3) is 0.538. The topological polar surface area (TPSA) is 60.1 Å². The minimum atomic E-state index is -0.315. The number of nitrogens with zero attached hydrogens (tertiary/aromatic N) is 2. The molecule has 0 saturated heterocycles. The first-order valence-electron chi connectivity index (χ1n) is 6.48. The second kappa shape index (κ2) is 6.35. The number of fused-ring (bicyclic) bond motifs is 1. The third kappa shape index (κ3) is 2.98. The molecule has 0 radical (unpaired) electrons. The highest BCUT2D eigenvalue weighted by Gasteiger charge is 2.08. The molecule has 2 rings (SSSR count). The van der Waals surface area contributed by atoms with Crippen molar-refractivity contribution in [1.29, 1.82) is 0 Å². The number of unbranched alkanes of at least 4 members (excludes halogenated alkanes) is 1. The van der Waals surface area contributed by atoms with E-state index in [0.29, 0.717) is 17.8 Å². The number of hydrogen-bond donors (Lipinski definition) is 1. The molecule has 98 valence electrons. The summed E-state index contributed by atoms with van der Waals surface area (Å²) in [4.78, 5) is 15.8. The molecular weight excluding hydrogens is 230 g/mol. The summed E-state index contributed by atoms with van der Waals surface area (Å²) in [5, 5.41) is 3.34. The van der Waals surface area contributed by atoms with Crippen LogP contribution < -0.4 is 11.1 Å². The van der Waals surface area contributed by atoms with Crippen LogP contribution in [0.4, 0.5) is 0 Å². The van der Waals surface area contributed by atoms with E-state index in [-0.39, 0.29) is 5.76 Å². The molecular formula is C13H19N3O2. The highest BCUT2D eigenvalue weighted by Crippen LogP contribution is 2.09. The number of aromatic nitrogens is 2. The van der Waals surface area contributed by atoms with Gasteiger partial charge in [0.2, 0.25) is 0 Å². The average Bonchev–Trinajstić information content (AvgIpc) is 2.70. The minimum absolute atomic E-state index is 0.315. The molecule has 18 heavy (non-hydrogen) atoms. The van der Waals surface area contributed by atoms with E-state index in [9.17, 15) is 4.79 Å². The zero-order chi connectivity index (χ0) is 12.8. The summed E-state index contributed by atoms with van der Waals surface area (Å²) in [6, 6.07) is 3.54. The number of nitrogens with one attached hydrogen (secondary N) is 1. The lowest BCUT2D eigenvalue weighted by molar-refractivity contribution is 0.487. The van der Waals surface area contributed by atoms with Crippen LogP contribution in [-0.4, -0.2) is 22.6 Å². The van der Waals surface area contributed by atoms with E-state index in [1.165, 1.54) is 0 Å². The lowest BCUT2D eigenvalue weighted by atomic mass is 10.3. The third-order valence-corrected chi connectivity index (χ3v) is 2.84. The maximum absolute atomic E-state index is 11.6.